The summed E-state index contributed by atoms with van der Waals surface area (Å²) in [6.07, 6.45) is 0.824. The molecular formula is C22H28FN3O5S2. The van der Waals surface area contributed by atoms with E-state index in [-0.39, 0.29) is 18.0 Å². The Morgan fingerprint density at radius 1 is 1.06 bits per heavy atom. The van der Waals surface area contributed by atoms with Crippen molar-refractivity contribution < 1.29 is 26.0 Å². The van der Waals surface area contributed by atoms with Gasteiger partial charge in [-0.05, 0) is 42.7 Å². The number of amides is 1. The molecule has 1 unspecified atom stereocenters. The van der Waals surface area contributed by atoms with Gasteiger partial charge in [-0.15, -0.1) is 0 Å². The Hall–Kier alpha value is -2.34. The highest BCUT2D eigenvalue weighted by Gasteiger charge is 2.40. The molecule has 0 spiro atoms. The molecule has 1 amide bonds. The summed E-state index contributed by atoms with van der Waals surface area (Å²) in [5.41, 5.74) is 0.670. The molecule has 1 aliphatic rings. The average molecular weight is 498 g/mol. The standard InChI is InChI=1S/C22H28FN3O5S2/c1-3-25(4-2)32(28,29)18-13-11-17(12-14-18)16-24-22(27)20-9-7-15-26(20)33(30,31)21-10-6-5-8-19(21)23/h5-6,8,10-14,20H,3-4,7,9,15-16H2,1-2H3,(H,24,27). The molecule has 0 radical (unpaired) electrons. The first-order valence-corrected chi connectivity index (χ1v) is 13.6. The molecule has 3 rings (SSSR count). The third kappa shape index (κ3) is 5.26. The van der Waals surface area contributed by atoms with E-state index < -0.39 is 42.7 Å². The molecule has 2 aromatic carbocycles. The Labute approximate surface area is 194 Å². The molecule has 0 aromatic heterocycles. The molecule has 0 saturated carbocycles. The number of hydrogen-bond acceptors (Lipinski definition) is 5. The van der Waals surface area contributed by atoms with Crippen LogP contribution in [0.25, 0.3) is 0 Å². The summed E-state index contributed by atoms with van der Waals surface area (Å²) in [5, 5.41) is 2.71. The maximum Gasteiger partial charge on any atom is 0.246 e. The van der Waals surface area contributed by atoms with Gasteiger partial charge in [0, 0.05) is 26.2 Å². The van der Waals surface area contributed by atoms with Crippen molar-refractivity contribution in [3.8, 4) is 0 Å². The van der Waals surface area contributed by atoms with Gasteiger partial charge in [-0.1, -0.05) is 38.1 Å². The summed E-state index contributed by atoms with van der Waals surface area (Å²) < 4.78 is 67.5. The molecule has 1 N–H and O–H groups in total. The van der Waals surface area contributed by atoms with Gasteiger partial charge in [0.05, 0.1) is 4.90 Å². The maximum atomic E-state index is 14.1. The second-order valence-electron chi connectivity index (χ2n) is 7.66. The van der Waals surface area contributed by atoms with Crippen LogP contribution >= 0.6 is 0 Å². The number of carbonyl (C=O) groups excluding carboxylic acids is 1. The van der Waals surface area contributed by atoms with Crippen LogP contribution in [0.3, 0.4) is 0 Å². The maximum absolute atomic E-state index is 14.1. The lowest BCUT2D eigenvalue weighted by molar-refractivity contribution is -0.124. The minimum absolute atomic E-state index is 0.106. The van der Waals surface area contributed by atoms with Gasteiger partial charge in [-0.2, -0.15) is 8.61 Å². The van der Waals surface area contributed by atoms with Crippen LogP contribution in [0, 0.1) is 5.82 Å². The predicted molar refractivity (Wildman–Crippen MR) is 122 cm³/mol. The van der Waals surface area contributed by atoms with Crippen molar-refractivity contribution in [1.82, 2.24) is 13.9 Å². The highest BCUT2D eigenvalue weighted by atomic mass is 32.2. The SMILES string of the molecule is CCN(CC)S(=O)(=O)c1ccc(CNC(=O)C2CCCN2S(=O)(=O)c2ccccc2F)cc1. The Kier molecular flexibility index (Phi) is 7.88. The van der Waals surface area contributed by atoms with Gasteiger partial charge in [0.15, 0.2) is 0 Å². The van der Waals surface area contributed by atoms with Crippen molar-refractivity contribution in [3.05, 3.63) is 59.9 Å². The number of sulfonamides is 2. The Balaban J connectivity index is 1.69. The van der Waals surface area contributed by atoms with E-state index in [4.69, 9.17) is 0 Å². The summed E-state index contributed by atoms with van der Waals surface area (Å²) in [7, 11) is -7.73. The normalized spacial score (nSPS) is 17.4. The van der Waals surface area contributed by atoms with Crippen molar-refractivity contribution >= 4 is 26.0 Å². The van der Waals surface area contributed by atoms with Crippen LogP contribution in [-0.4, -0.2) is 57.0 Å². The van der Waals surface area contributed by atoms with Gasteiger partial charge < -0.3 is 5.32 Å². The Morgan fingerprint density at radius 2 is 1.70 bits per heavy atom. The number of carbonyl (C=O) groups is 1. The summed E-state index contributed by atoms with van der Waals surface area (Å²) >= 11 is 0. The first-order valence-electron chi connectivity index (χ1n) is 10.8. The molecule has 2 aromatic rings. The van der Waals surface area contributed by atoms with Crippen molar-refractivity contribution in [2.24, 2.45) is 0 Å². The summed E-state index contributed by atoms with van der Waals surface area (Å²) in [5.74, 6) is -1.34. The Morgan fingerprint density at radius 3 is 2.30 bits per heavy atom. The Bertz CT molecular complexity index is 1200. The zero-order chi connectivity index (χ0) is 24.2. The third-order valence-electron chi connectivity index (χ3n) is 5.66. The number of nitrogens with zero attached hydrogens (tertiary/aromatic N) is 2. The fourth-order valence-corrected chi connectivity index (χ4v) is 7.05. The summed E-state index contributed by atoms with van der Waals surface area (Å²) in [6, 6.07) is 10.4. The van der Waals surface area contributed by atoms with Gasteiger partial charge in [0.1, 0.15) is 16.8 Å². The molecule has 11 heteroatoms. The molecule has 33 heavy (non-hydrogen) atoms. The summed E-state index contributed by atoms with van der Waals surface area (Å²) in [6.45, 7) is 4.50. The first-order chi connectivity index (χ1) is 15.6. The van der Waals surface area contributed by atoms with E-state index in [1.54, 1.807) is 26.0 Å². The second kappa shape index (κ2) is 10.3. The van der Waals surface area contributed by atoms with E-state index >= 15 is 0 Å². The van der Waals surface area contributed by atoms with Crippen molar-refractivity contribution in [3.63, 3.8) is 0 Å². The van der Waals surface area contributed by atoms with Gasteiger partial charge >= 0.3 is 0 Å². The van der Waals surface area contributed by atoms with E-state index in [0.29, 0.717) is 31.5 Å². The monoisotopic (exact) mass is 497 g/mol. The molecule has 0 aliphatic carbocycles. The number of halogens is 1. The smallest absolute Gasteiger partial charge is 0.246 e. The highest BCUT2D eigenvalue weighted by molar-refractivity contribution is 7.89. The third-order valence-corrected chi connectivity index (χ3v) is 9.67. The molecule has 1 aliphatic heterocycles. The van der Waals surface area contributed by atoms with Crippen molar-refractivity contribution in [2.75, 3.05) is 19.6 Å². The van der Waals surface area contributed by atoms with Gasteiger partial charge in [0.25, 0.3) is 0 Å². The van der Waals surface area contributed by atoms with E-state index in [1.807, 2.05) is 0 Å². The quantitative estimate of drug-likeness (QED) is 0.573. The van der Waals surface area contributed by atoms with E-state index in [0.717, 1.165) is 10.4 Å². The van der Waals surface area contributed by atoms with Gasteiger partial charge in [-0.3, -0.25) is 4.79 Å². The zero-order valence-electron chi connectivity index (χ0n) is 18.6. The van der Waals surface area contributed by atoms with Crippen LogP contribution in [0.2, 0.25) is 0 Å². The lowest BCUT2D eigenvalue weighted by Gasteiger charge is -2.23. The molecule has 1 saturated heterocycles. The van der Waals surface area contributed by atoms with E-state index in [1.165, 1.54) is 34.6 Å². The van der Waals surface area contributed by atoms with Crippen LogP contribution in [0.1, 0.15) is 32.3 Å². The van der Waals surface area contributed by atoms with Crippen molar-refractivity contribution in [1.29, 1.82) is 0 Å². The zero-order valence-corrected chi connectivity index (χ0v) is 20.2. The minimum atomic E-state index is -4.16. The molecule has 1 heterocycles. The lowest BCUT2D eigenvalue weighted by Crippen LogP contribution is -2.45. The second-order valence-corrected chi connectivity index (χ2v) is 11.5. The topological polar surface area (TPSA) is 104 Å². The number of benzene rings is 2. The number of hydrogen-bond donors (Lipinski definition) is 1. The fraction of sp³-hybridized carbons (Fsp3) is 0.409. The van der Waals surface area contributed by atoms with Crippen LogP contribution in [-0.2, 0) is 31.4 Å². The minimum Gasteiger partial charge on any atom is -0.351 e. The molecule has 1 atom stereocenters. The van der Waals surface area contributed by atoms with Crippen LogP contribution < -0.4 is 5.32 Å². The largest absolute Gasteiger partial charge is 0.351 e. The van der Waals surface area contributed by atoms with Crippen LogP contribution in [0.5, 0.6) is 0 Å². The molecule has 0 bridgehead atoms. The molecule has 180 valence electrons. The van der Waals surface area contributed by atoms with Gasteiger partial charge in [0.2, 0.25) is 26.0 Å². The van der Waals surface area contributed by atoms with Crippen LogP contribution in [0.4, 0.5) is 4.39 Å². The van der Waals surface area contributed by atoms with Crippen LogP contribution in [0.15, 0.2) is 58.3 Å². The van der Waals surface area contributed by atoms with E-state index in [2.05, 4.69) is 5.32 Å². The fourth-order valence-electron chi connectivity index (χ4n) is 3.87. The highest BCUT2D eigenvalue weighted by Crippen LogP contribution is 2.27. The molecule has 1 fully saturated rings. The molecular weight excluding hydrogens is 469 g/mol. The number of nitrogens with one attached hydrogen (secondary N) is 1. The van der Waals surface area contributed by atoms with Gasteiger partial charge in [-0.25, -0.2) is 21.2 Å². The molecule has 8 nitrogen and oxygen atoms in total. The van der Waals surface area contributed by atoms with Crippen molar-refractivity contribution in [2.45, 2.75) is 49.1 Å². The van der Waals surface area contributed by atoms with E-state index in [9.17, 15) is 26.0 Å². The number of rotatable bonds is 9. The summed E-state index contributed by atoms with van der Waals surface area (Å²) in [4.78, 5) is 12.5. The predicted octanol–water partition coefficient (Wildman–Crippen LogP) is 2.33. The lowest BCUT2D eigenvalue weighted by atomic mass is 10.2. The first kappa shape index (κ1) is 25.3. The average Bonchev–Trinajstić information content (AvgIpc) is 3.30.